The molecule has 6 nitrogen and oxygen atoms in total. The Morgan fingerprint density at radius 1 is 1.26 bits per heavy atom. The van der Waals surface area contributed by atoms with Crippen molar-refractivity contribution < 1.29 is 13.2 Å². The van der Waals surface area contributed by atoms with Crippen molar-refractivity contribution in [1.82, 2.24) is 9.71 Å². The van der Waals surface area contributed by atoms with Crippen LogP contribution in [-0.4, -0.2) is 25.3 Å². The highest BCUT2D eigenvalue weighted by molar-refractivity contribution is 7.90. The van der Waals surface area contributed by atoms with Crippen LogP contribution >= 0.6 is 11.3 Å². The first-order valence-corrected chi connectivity index (χ1v) is 13.7. The molecule has 8 heteroatoms. The van der Waals surface area contributed by atoms with Crippen molar-refractivity contribution in [2.24, 2.45) is 5.92 Å². The molecule has 1 N–H and O–H groups in total. The molecule has 0 spiro atoms. The molecule has 0 bridgehead atoms. The van der Waals surface area contributed by atoms with Crippen molar-refractivity contribution in [2.45, 2.75) is 38.0 Å². The van der Waals surface area contributed by atoms with Gasteiger partial charge in [-0.2, -0.15) is 5.26 Å². The summed E-state index contributed by atoms with van der Waals surface area (Å²) in [7, 11) is -3.29. The number of thiazole rings is 1. The molecular weight excluding hydrogens is 466 g/mol. The lowest BCUT2D eigenvalue weighted by Gasteiger charge is -2.14. The minimum Gasteiger partial charge on any atom is -0.492 e. The zero-order chi connectivity index (χ0) is 23.9. The van der Waals surface area contributed by atoms with Crippen molar-refractivity contribution in [3.8, 4) is 32.8 Å². The molecule has 0 aliphatic heterocycles. The summed E-state index contributed by atoms with van der Waals surface area (Å²) in [6.45, 7) is 4.69. The highest BCUT2D eigenvalue weighted by Gasteiger charge is 2.37. The molecule has 0 amide bonds. The second-order valence-corrected chi connectivity index (χ2v) is 12.1. The van der Waals surface area contributed by atoms with Crippen LogP contribution in [0.15, 0.2) is 48.7 Å². The molecule has 1 fully saturated rings. The lowest BCUT2D eigenvalue weighted by Crippen LogP contribution is -2.29. The van der Waals surface area contributed by atoms with Gasteiger partial charge in [-0.15, -0.1) is 11.3 Å². The van der Waals surface area contributed by atoms with E-state index in [9.17, 15) is 13.7 Å². The monoisotopic (exact) mass is 491 g/mol. The van der Waals surface area contributed by atoms with Crippen LogP contribution in [0.4, 0.5) is 0 Å². The third-order valence-electron chi connectivity index (χ3n) is 5.87. The molecule has 174 valence electrons. The van der Waals surface area contributed by atoms with E-state index < -0.39 is 10.0 Å². The molecule has 1 heterocycles. The minimum absolute atomic E-state index is 0.252. The number of hydrogen-bond donors (Lipinski definition) is 1. The number of hydrogen-bond acceptors (Lipinski definition) is 6. The average Bonchev–Trinajstić information content (AvgIpc) is 3.46. The van der Waals surface area contributed by atoms with Gasteiger partial charge in [-0.1, -0.05) is 44.2 Å². The molecule has 2 aromatic carbocycles. The van der Waals surface area contributed by atoms with Crippen LogP contribution < -0.4 is 9.46 Å². The Hall–Kier alpha value is -2.99. The maximum Gasteiger partial charge on any atom is 0.215 e. The summed E-state index contributed by atoms with van der Waals surface area (Å²) in [6.07, 6.45) is 7.20. The van der Waals surface area contributed by atoms with E-state index in [1.54, 1.807) is 11.3 Å². The van der Waals surface area contributed by atoms with Crippen molar-refractivity contribution in [3.05, 3.63) is 65.4 Å². The van der Waals surface area contributed by atoms with Crippen molar-refractivity contribution in [1.29, 1.82) is 5.26 Å². The second kappa shape index (κ2) is 8.99. The first kappa shape index (κ1) is 22.8. The van der Waals surface area contributed by atoms with Gasteiger partial charge < -0.3 is 4.74 Å². The number of sulfonamides is 1. The third-order valence-corrected chi connectivity index (χ3v) is 8.89. The van der Waals surface area contributed by atoms with Gasteiger partial charge in [0.25, 0.3) is 0 Å². The van der Waals surface area contributed by atoms with Gasteiger partial charge in [-0.3, -0.25) is 0 Å². The summed E-state index contributed by atoms with van der Waals surface area (Å²) in [5.41, 5.74) is 4.33. The molecule has 3 aromatic rings. The van der Waals surface area contributed by atoms with Crippen LogP contribution in [0.1, 0.15) is 49.4 Å². The van der Waals surface area contributed by atoms with Gasteiger partial charge in [0.05, 0.1) is 28.3 Å². The van der Waals surface area contributed by atoms with Gasteiger partial charge in [-0.05, 0) is 48.1 Å². The zero-order valence-electron chi connectivity index (χ0n) is 19.0. The molecule has 34 heavy (non-hydrogen) atoms. The van der Waals surface area contributed by atoms with Gasteiger partial charge in [-0.25, -0.2) is 18.1 Å². The standard InChI is InChI=1S/C26H25N3O3S2/c1-16(2)15-32-24-11-6-17(12-18(24)13-27)26-28-14-25(33-26)22-5-3-4-21-20(22)9-10-23(21)29-34(30,31)19-7-8-19/h3-6,9-12,14,16,19,23,29H,7-8,15H2,1-2H3/t23-/m0/s1. The molecule has 2 aliphatic carbocycles. The van der Waals surface area contributed by atoms with Crippen LogP contribution in [0, 0.1) is 17.2 Å². The first-order valence-electron chi connectivity index (χ1n) is 11.3. The predicted octanol–water partition coefficient (Wildman–Crippen LogP) is 5.53. The smallest absolute Gasteiger partial charge is 0.215 e. The van der Waals surface area contributed by atoms with E-state index in [4.69, 9.17) is 4.74 Å². The van der Waals surface area contributed by atoms with Crippen molar-refractivity contribution in [2.75, 3.05) is 6.61 Å². The van der Waals surface area contributed by atoms with Crippen LogP contribution in [0.3, 0.4) is 0 Å². The van der Waals surface area contributed by atoms with E-state index in [-0.39, 0.29) is 11.3 Å². The molecule has 1 aromatic heterocycles. The van der Waals surface area contributed by atoms with Gasteiger partial charge in [0, 0.05) is 17.3 Å². The Morgan fingerprint density at radius 2 is 2.09 bits per heavy atom. The van der Waals surface area contributed by atoms with E-state index in [1.807, 2.05) is 54.7 Å². The van der Waals surface area contributed by atoms with Crippen LogP contribution in [0.5, 0.6) is 5.75 Å². The number of nitrogens with zero attached hydrogens (tertiary/aromatic N) is 2. The molecule has 5 rings (SSSR count). The highest BCUT2D eigenvalue weighted by Crippen LogP contribution is 2.41. The number of rotatable bonds is 8. The molecular formula is C26H25N3O3S2. The fourth-order valence-electron chi connectivity index (χ4n) is 3.97. The fraction of sp³-hybridized carbons (Fsp3) is 0.308. The number of ether oxygens (including phenoxy) is 1. The Kier molecular flexibility index (Phi) is 6.02. The summed E-state index contributed by atoms with van der Waals surface area (Å²) in [5, 5.41) is 10.1. The lowest BCUT2D eigenvalue weighted by molar-refractivity contribution is 0.270. The Labute approximate surface area is 204 Å². The van der Waals surface area contributed by atoms with Crippen molar-refractivity contribution >= 4 is 27.4 Å². The molecule has 0 unspecified atom stereocenters. The molecule has 1 atom stereocenters. The van der Waals surface area contributed by atoms with Crippen LogP contribution in [0.2, 0.25) is 0 Å². The van der Waals surface area contributed by atoms with Gasteiger partial charge in [0.15, 0.2) is 0 Å². The quantitative estimate of drug-likeness (QED) is 0.447. The number of fused-ring (bicyclic) bond motifs is 1. The van der Waals surface area contributed by atoms with E-state index in [0.29, 0.717) is 23.8 Å². The summed E-state index contributed by atoms with van der Waals surface area (Å²) >= 11 is 1.54. The number of nitriles is 1. The second-order valence-electron chi connectivity index (χ2n) is 9.06. The van der Waals surface area contributed by atoms with E-state index >= 15 is 0 Å². The van der Waals surface area contributed by atoms with Gasteiger partial charge in [0.2, 0.25) is 10.0 Å². The summed E-state index contributed by atoms with van der Waals surface area (Å²) in [5.74, 6) is 0.959. The minimum atomic E-state index is -3.29. The number of benzene rings is 2. The summed E-state index contributed by atoms with van der Waals surface area (Å²) in [4.78, 5) is 5.60. The van der Waals surface area contributed by atoms with Crippen LogP contribution in [0.25, 0.3) is 27.1 Å². The normalized spacial score (nSPS) is 17.1. The molecule has 1 saturated carbocycles. The van der Waals surface area contributed by atoms with E-state index in [0.717, 1.165) is 45.0 Å². The number of nitrogens with one attached hydrogen (secondary N) is 1. The maximum atomic E-state index is 12.4. The topological polar surface area (TPSA) is 92.1 Å². The molecule has 2 aliphatic rings. The predicted molar refractivity (Wildman–Crippen MR) is 135 cm³/mol. The summed E-state index contributed by atoms with van der Waals surface area (Å²) in [6, 6.07) is 13.4. The maximum absolute atomic E-state index is 12.4. The first-order chi connectivity index (χ1) is 16.4. The van der Waals surface area contributed by atoms with Crippen LogP contribution in [-0.2, 0) is 10.0 Å². The van der Waals surface area contributed by atoms with Gasteiger partial charge in [0.1, 0.15) is 16.8 Å². The highest BCUT2D eigenvalue weighted by atomic mass is 32.2. The third kappa shape index (κ3) is 4.51. The SMILES string of the molecule is CC(C)COc1ccc(-c2ncc(-c3cccc4c3C=C[C@@H]4NS(=O)(=O)C3CC3)s2)cc1C#N. The zero-order valence-corrected chi connectivity index (χ0v) is 20.6. The lowest BCUT2D eigenvalue weighted by atomic mass is 10.0. The number of aromatic nitrogens is 1. The largest absolute Gasteiger partial charge is 0.492 e. The van der Waals surface area contributed by atoms with E-state index in [2.05, 4.69) is 29.6 Å². The average molecular weight is 492 g/mol. The Morgan fingerprint density at radius 3 is 2.82 bits per heavy atom. The van der Waals surface area contributed by atoms with Crippen molar-refractivity contribution in [3.63, 3.8) is 0 Å². The Balaban J connectivity index is 1.41. The van der Waals surface area contributed by atoms with Gasteiger partial charge >= 0.3 is 0 Å². The summed E-state index contributed by atoms with van der Waals surface area (Å²) < 4.78 is 33.5. The molecule has 0 radical (unpaired) electrons. The fourth-order valence-corrected chi connectivity index (χ4v) is 6.43. The van der Waals surface area contributed by atoms with E-state index in [1.165, 1.54) is 0 Å². The Bertz CT molecular complexity index is 1410. The molecule has 0 saturated heterocycles.